The molecule has 4 rings (SSSR count). The summed E-state index contributed by atoms with van der Waals surface area (Å²) in [5.41, 5.74) is 2.33. The van der Waals surface area contributed by atoms with Crippen LogP contribution in [-0.2, 0) is 0 Å². The summed E-state index contributed by atoms with van der Waals surface area (Å²) >= 11 is 0. The van der Waals surface area contributed by atoms with Crippen molar-refractivity contribution < 1.29 is 4.79 Å². The van der Waals surface area contributed by atoms with Gasteiger partial charge in [0, 0.05) is 49.0 Å². The molecule has 1 N–H and O–H groups in total. The molecule has 1 aliphatic heterocycles. The molecule has 1 fully saturated rings. The van der Waals surface area contributed by atoms with Gasteiger partial charge >= 0.3 is 0 Å². The first-order valence-electron chi connectivity index (χ1n) is 9.09. The number of nitrogens with one attached hydrogen (secondary N) is 1. The van der Waals surface area contributed by atoms with Crippen molar-refractivity contribution in [3.05, 3.63) is 48.4 Å². The maximum Gasteiger partial charge on any atom is 0.258 e. The molecule has 8 nitrogen and oxygen atoms in total. The number of fused-ring (bicyclic) bond motifs is 1. The molecule has 140 valence electrons. The first-order valence-corrected chi connectivity index (χ1v) is 9.09. The quantitative estimate of drug-likeness (QED) is 0.761. The summed E-state index contributed by atoms with van der Waals surface area (Å²) in [6.07, 6.45) is 7.34. The Morgan fingerprint density at radius 1 is 1.22 bits per heavy atom. The Hall–Kier alpha value is -3.00. The largest absolute Gasteiger partial charge is 0.371 e. The fourth-order valence-corrected chi connectivity index (χ4v) is 3.41. The Morgan fingerprint density at radius 2 is 1.96 bits per heavy atom. The van der Waals surface area contributed by atoms with Crippen molar-refractivity contribution in [3.8, 4) is 0 Å². The van der Waals surface area contributed by atoms with Crippen molar-refractivity contribution in [1.82, 2.24) is 24.5 Å². The molecule has 27 heavy (non-hydrogen) atoms. The van der Waals surface area contributed by atoms with E-state index in [9.17, 15) is 4.79 Å². The lowest BCUT2D eigenvalue weighted by atomic mass is 10.0. The van der Waals surface area contributed by atoms with Crippen LogP contribution in [0.2, 0.25) is 0 Å². The number of rotatable bonds is 4. The van der Waals surface area contributed by atoms with E-state index in [1.165, 1.54) is 0 Å². The van der Waals surface area contributed by atoms with Crippen molar-refractivity contribution in [1.29, 1.82) is 0 Å². The van der Waals surface area contributed by atoms with Crippen LogP contribution in [0.15, 0.2) is 42.9 Å². The van der Waals surface area contributed by atoms with Gasteiger partial charge in [-0.25, -0.2) is 4.52 Å². The van der Waals surface area contributed by atoms with Crippen LogP contribution in [0.4, 0.5) is 11.6 Å². The summed E-state index contributed by atoms with van der Waals surface area (Å²) < 4.78 is 1.67. The molecule has 0 aliphatic carbocycles. The second-order valence-corrected chi connectivity index (χ2v) is 6.96. The number of hydrogen-bond acceptors (Lipinski definition) is 6. The Bertz CT molecular complexity index is 932. The van der Waals surface area contributed by atoms with Crippen molar-refractivity contribution in [3.63, 3.8) is 0 Å². The number of nitrogens with zero attached hydrogens (tertiary/aromatic N) is 6. The van der Waals surface area contributed by atoms with Crippen LogP contribution < -0.4 is 10.2 Å². The van der Waals surface area contributed by atoms with Crippen LogP contribution in [0.25, 0.3) is 5.65 Å². The standard InChI is InChI=1S/C19H23N7O/c1-24-10-5-15(6-11-24)25(2)16-7-12-26-17(13-16)21-19(23-26)22-18(27)14-3-8-20-9-4-14/h3-4,7-9,12-13,15H,5-6,10-11H2,1-2H3,(H,22,23,27). The number of carbonyl (C=O) groups is 1. The van der Waals surface area contributed by atoms with Gasteiger partial charge in [-0.2, -0.15) is 4.98 Å². The highest BCUT2D eigenvalue weighted by Gasteiger charge is 2.21. The molecule has 1 amide bonds. The summed E-state index contributed by atoms with van der Waals surface area (Å²) in [6.45, 7) is 2.24. The average molecular weight is 365 g/mol. The van der Waals surface area contributed by atoms with E-state index < -0.39 is 0 Å². The normalized spacial score (nSPS) is 15.8. The monoisotopic (exact) mass is 365 g/mol. The number of amides is 1. The van der Waals surface area contributed by atoms with Gasteiger partial charge in [-0.1, -0.05) is 0 Å². The summed E-state index contributed by atoms with van der Waals surface area (Å²) in [5.74, 6) is 0.0351. The molecule has 1 saturated heterocycles. The molecule has 0 saturated carbocycles. The zero-order chi connectivity index (χ0) is 18.8. The number of carbonyl (C=O) groups excluding carboxylic acids is 1. The van der Waals surface area contributed by atoms with Gasteiger partial charge in [-0.3, -0.25) is 15.1 Å². The molecule has 0 bridgehead atoms. The lowest BCUT2D eigenvalue weighted by Crippen LogP contribution is -2.42. The van der Waals surface area contributed by atoms with E-state index in [1.54, 1.807) is 29.0 Å². The molecule has 0 radical (unpaired) electrons. The number of hydrogen-bond donors (Lipinski definition) is 1. The number of pyridine rings is 2. The highest BCUT2D eigenvalue weighted by molar-refractivity contribution is 6.03. The highest BCUT2D eigenvalue weighted by Crippen LogP contribution is 2.23. The summed E-state index contributed by atoms with van der Waals surface area (Å²) in [4.78, 5) is 25.3. The summed E-state index contributed by atoms with van der Waals surface area (Å²) in [6, 6.07) is 7.87. The number of piperidine rings is 1. The van der Waals surface area contributed by atoms with Crippen LogP contribution in [0.1, 0.15) is 23.2 Å². The molecule has 0 aromatic carbocycles. The Kier molecular flexibility index (Phi) is 4.72. The minimum absolute atomic E-state index is 0.253. The van der Waals surface area contributed by atoms with Gasteiger partial charge in [0.05, 0.1) is 0 Å². The van der Waals surface area contributed by atoms with Crippen LogP contribution in [0.3, 0.4) is 0 Å². The van der Waals surface area contributed by atoms with E-state index in [0.29, 0.717) is 17.3 Å². The van der Waals surface area contributed by atoms with E-state index in [1.807, 2.05) is 18.3 Å². The van der Waals surface area contributed by atoms with Crippen molar-refractivity contribution in [2.75, 3.05) is 37.4 Å². The third-order valence-electron chi connectivity index (χ3n) is 5.13. The van der Waals surface area contributed by atoms with Crippen molar-refractivity contribution >= 4 is 23.2 Å². The topological polar surface area (TPSA) is 78.7 Å². The summed E-state index contributed by atoms with van der Waals surface area (Å²) in [5, 5.41) is 7.07. The second kappa shape index (κ2) is 7.32. The minimum Gasteiger partial charge on any atom is -0.371 e. The molecule has 1 aliphatic rings. The molecule has 0 spiro atoms. The fraction of sp³-hybridized carbons (Fsp3) is 0.368. The highest BCUT2D eigenvalue weighted by atomic mass is 16.1. The molecule has 0 unspecified atom stereocenters. The Labute approximate surface area is 157 Å². The molecule has 3 aromatic heterocycles. The summed E-state index contributed by atoms with van der Waals surface area (Å²) in [7, 11) is 4.30. The van der Waals surface area contributed by atoms with Crippen molar-refractivity contribution in [2.24, 2.45) is 0 Å². The van der Waals surface area contributed by atoms with Gasteiger partial charge in [0.1, 0.15) is 0 Å². The SMILES string of the molecule is CN1CCC(N(C)c2ccn3nc(NC(=O)c4ccncc4)nc3c2)CC1. The smallest absolute Gasteiger partial charge is 0.258 e. The van der Waals surface area contributed by atoms with E-state index in [0.717, 1.165) is 31.6 Å². The maximum absolute atomic E-state index is 12.3. The predicted molar refractivity (Wildman–Crippen MR) is 104 cm³/mol. The van der Waals surface area contributed by atoms with Gasteiger partial charge < -0.3 is 9.80 Å². The third-order valence-corrected chi connectivity index (χ3v) is 5.13. The average Bonchev–Trinajstić information content (AvgIpc) is 3.10. The van der Waals surface area contributed by atoms with Crippen LogP contribution in [0, 0.1) is 0 Å². The van der Waals surface area contributed by atoms with Gasteiger partial charge in [0.15, 0.2) is 5.65 Å². The van der Waals surface area contributed by atoms with E-state index in [4.69, 9.17) is 0 Å². The number of likely N-dealkylation sites (tertiary alicyclic amines) is 1. The molecular weight excluding hydrogens is 342 g/mol. The van der Waals surface area contributed by atoms with Crippen molar-refractivity contribution in [2.45, 2.75) is 18.9 Å². The third kappa shape index (κ3) is 3.75. The van der Waals surface area contributed by atoms with Gasteiger partial charge in [-0.05, 0) is 51.2 Å². The van der Waals surface area contributed by atoms with E-state index in [2.05, 4.69) is 44.3 Å². The maximum atomic E-state index is 12.3. The lowest BCUT2D eigenvalue weighted by molar-refractivity contribution is 0.102. The van der Waals surface area contributed by atoms with Crippen LogP contribution in [-0.4, -0.2) is 63.6 Å². The van der Waals surface area contributed by atoms with Crippen LogP contribution >= 0.6 is 0 Å². The zero-order valence-corrected chi connectivity index (χ0v) is 15.5. The lowest BCUT2D eigenvalue weighted by Gasteiger charge is -2.36. The van der Waals surface area contributed by atoms with Gasteiger partial charge in [0.25, 0.3) is 5.91 Å². The fourth-order valence-electron chi connectivity index (χ4n) is 3.41. The second-order valence-electron chi connectivity index (χ2n) is 6.96. The zero-order valence-electron chi connectivity index (χ0n) is 15.5. The van der Waals surface area contributed by atoms with E-state index >= 15 is 0 Å². The first kappa shape index (κ1) is 17.4. The predicted octanol–water partition coefficient (Wildman–Crippen LogP) is 1.91. The van der Waals surface area contributed by atoms with E-state index in [-0.39, 0.29) is 11.9 Å². The van der Waals surface area contributed by atoms with Gasteiger partial charge in [0.2, 0.25) is 5.95 Å². The van der Waals surface area contributed by atoms with Crippen LogP contribution in [0.5, 0.6) is 0 Å². The Balaban J connectivity index is 1.51. The van der Waals surface area contributed by atoms with Gasteiger partial charge in [-0.15, -0.1) is 5.10 Å². The Morgan fingerprint density at radius 3 is 2.70 bits per heavy atom. The molecule has 8 heteroatoms. The number of anilines is 2. The molecule has 4 heterocycles. The minimum atomic E-state index is -0.253. The molecular formula is C19H23N7O. The molecule has 0 atom stereocenters. The molecule has 3 aromatic rings. The number of aromatic nitrogens is 4. The first-order chi connectivity index (χ1) is 13.1.